The zero-order valence-corrected chi connectivity index (χ0v) is 15.5. The van der Waals surface area contributed by atoms with Crippen molar-refractivity contribution in [1.82, 2.24) is 14.8 Å². The second-order valence-electron chi connectivity index (χ2n) is 7.62. The molecule has 3 aliphatic rings. The van der Waals surface area contributed by atoms with Crippen LogP contribution >= 0.6 is 11.3 Å². The Hall–Kier alpha value is -1.63. The van der Waals surface area contributed by atoms with E-state index in [1.54, 1.807) is 23.3 Å². The number of carbonyl (C=O) groups is 2. The van der Waals surface area contributed by atoms with Crippen LogP contribution in [-0.4, -0.2) is 59.1 Å². The van der Waals surface area contributed by atoms with E-state index in [1.165, 1.54) is 30.7 Å². The fraction of sp³-hybridized carbons (Fsp3) is 0.722. The van der Waals surface area contributed by atoms with E-state index in [9.17, 15) is 9.59 Å². The van der Waals surface area contributed by atoms with Gasteiger partial charge in [-0.25, -0.2) is 9.78 Å². The second kappa shape index (κ2) is 6.59. The maximum absolute atomic E-state index is 12.6. The largest absolute Gasteiger partial charge is 0.441 e. The van der Waals surface area contributed by atoms with E-state index in [4.69, 9.17) is 9.72 Å². The molecule has 4 rings (SSSR count). The maximum Gasteiger partial charge on any atom is 0.410 e. The van der Waals surface area contributed by atoms with E-state index in [-0.39, 0.29) is 17.6 Å². The van der Waals surface area contributed by atoms with E-state index in [0.29, 0.717) is 32.0 Å². The van der Waals surface area contributed by atoms with Crippen LogP contribution in [0, 0.1) is 0 Å². The number of piperidine rings is 1. The molecule has 0 radical (unpaired) electrons. The van der Waals surface area contributed by atoms with Crippen molar-refractivity contribution in [2.24, 2.45) is 0 Å². The predicted octanol–water partition coefficient (Wildman–Crippen LogP) is 2.79. The first-order valence-corrected chi connectivity index (χ1v) is 10.1. The average molecular weight is 363 g/mol. The van der Waals surface area contributed by atoms with Crippen LogP contribution in [0.4, 0.5) is 4.79 Å². The van der Waals surface area contributed by atoms with Gasteiger partial charge in [-0.05, 0) is 12.8 Å². The lowest BCUT2D eigenvalue weighted by Crippen LogP contribution is -2.49. The zero-order chi connectivity index (χ0) is 17.4. The number of hydrogen-bond donors (Lipinski definition) is 0. The minimum absolute atomic E-state index is 0.135. The fourth-order valence-electron chi connectivity index (χ4n) is 4.25. The van der Waals surface area contributed by atoms with Gasteiger partial charge in [-0.3, -0.25) is 4.79 Å². The first-order valence-electron chi connectivity index (χ1n) is 9.21. The molecule has 1 saturated carbocycles. The Labute approximate surface area is 152 Å². The summed E-state index contributed by atoms with van der Waals surface area (Å²) in [5, 5.41) is 3.25. The summed E-state index contributed by atoms with van der Waals surface area (Å²) in [5.41, 5.74) is 0.517. The van der Waals surface area contributed by atoms with Crippen molar-refractivity contribution in [3.05, 3.63) is 16.1 Å². The van der Waals surface area contributed by atoms with E-state index in [2.05, 4.69) is 0 Å². The Morgan fingerprint density at radius 1 is 1.36 bits per heavy atom. The van der Waals surface area contributed by atoms with Crippen molar-refractivity contribution >= 4 is 23.3 Å². The quantitative estimate of drug-likeness (QED) is 0.828. The van der Waals surface area contributed by atoms with Crippen molar-refractivity contribution in [2.45, 2.75) is 56.5 Å². The van der Waals surface area contributed by atoms with Gasteiger partial charge in [-0.15, -0.1) is 11.3 Å². The molecule has 2 aliphatic heterocycles. The van der Waals surface area contributed by atoms with E-state index in [1.807, 2.05) is 10.3 Å². The lowest BCUT2D eigenvalue weighted by molar-refractivity contribution is -0.133. The van der Waals surface area contributed by atoms with Gasteiger partial charge in [0.1, 0.15) is 5.60 Å². The number of nitrogens with zero attached hydrogens (tertiary/aromatic N) is 3. The highest BCUT2D eigenvalue weighted by atomic mass is 32.1. The third-order valence-electron chi connectivity index (χ3n) is 5.77. The number of hydrogen-bond acceptors (Lipinski definition) is 5. The summed E-state index contributed by atoms with van der Waals surface area (Å²) >= 11 is 1.71. The number of likely N-dealkylation sites (N-methyl/N-ethyl adjacent to an activating group) is 1. The summed E-state index contributed by atoms with van der Waals surface area (Å²) in [4.78, 5) is 32.5. The molecule has 0 unspecified atom stereocenters. The Morgan fingerprint density at radius 3 is 2.72 bits per heavy atom. The molecule has 136 valence electrons. The van der Waals surface area contributed by atoms with Gasteiger partial charge >= 0.3 is 6.09 Å². The van der Waals surface area contributed by atoms with Crippen LogP contribution in [0.3, 0.4) is 0 Å². The molecule has 1 spiro atoms. The smallest absolute Gasteiger partial charge is 0.410 e. The molecule has 3 fully saturated rings. The Morgan fingerprint density at radius 2 is 2.08 bits per heavy atom. The minimum atomic E-state index is -0.390. The summed E-state index contributed by atoms with van der Waals surface area (Å²) < 4.78 is 5.55. The van der Waals surface area contributed by atoms with Crippen LogP contribution in [0.25, 0.3) is 0 Å². The van der Waals surface area contributed by atoms with Crippen LogP contribution in [0.1, 0.15) is 55.1 Å². The molecule has 0 atom stereocenters. The summed E-state index contributed by atoms with van der Waals surface area (Å²) in [6, 6.07) is 0. The van der Waals surface area contributed by atoms with Gasteiger partial charge in [0, 0.05) is 44.3 Å². The third-order valence-corrected chi connectivity index (χ3v) is 6.83. The van der Waals surface area contributed by atoms with Gasteiger partial charge in [-0.2, -0.15) is 0 Å². The molecule has 0 aromatic carbocycles. The molecule has 0 N–H and O–H groups in total. The normalized spacial score (nSPS) is 23.5. The van der Waals surface area contributed by atoms with Crippen molar-refractivity contribution in [3.63, 3.8) is 0 Å². The van der Waals surface area contributed by atoms with E-state index in [0.717, 1.165) is 18.5 Å². The summed E-state index contributed by atoms with van der Waals surface area (Å²) in [7, 11) is 1.76. The van der Waals surface area contributed by atoms with Crippen LogP contribution in [0.15, 0.2) is 5.38 Å². The van der Waals surface area contributed by atoms with Gasteiger partial charge in [-0.1, -0.05) is 12.8 Å². The minimum Gasteiger partial charge on any atom is -0.441 e. The van der Waals surface area contributed by atoms with Crippen molar-refractivity contribution in [3.8, 4) is 0 Å². The standard InChI is InChI=1S/C18H25N3O3S/c1-20-12-18(24-17(20)23)6-8-21(9-7-18)15(22)10-14-11-25-16(19-14)13-4-2-3-5-13/h11,13H,2-10,12H2,1H3. The summed E-state index contributed by atoms with van der Waals surface area (Å²) in [6.07, 6.45) is 6.65. The number of aromatic nitrogens is 1. The fourth-order valence-corrected chi connectivity index (χ4v) is 5.24. The number of amides is 2. The van der Waals surface area contributed by atoms with E-state index < -0.39 is 0 Å². The molecule has 0 bridgehead atoms. The van der Waals surface area contributed by atoms with Gasteiger partial charge in [0.25, 0.3) is 0 Å². The van der Waals surface area contributed by atoms with Crippen LogP contribution < -0.4 is 0 Å². The number of rotatable bonds is 3. The highest BCUT2D eigenvalue weighted by Gasteiger charge is 2.46. The first-order chi connectivity index (χ1) is 12.0. The van der Waals surface area contributed by atoms with Gasteiger partial charge in [0.2, 0.25) is 5.91 Å². The van der Waals surface area contributed by atoms with Gasteiger partial charge < -0.3 is 14.5 Å². The molecule has 1 aromatic heterocycles. The topological polar surface area (TPSA) is 62.7 Å². The lowest BCUT2D eigenvalue weighted by Gasteiger charge is -2.37. The summed E-state index contributed by atoms with van der Waals surface area (Å²) in [6.45, 7) is 1.93. The highest BCUT2D eigenvalue weighted by Crippen LogP contribution is 2.36. The maximum atomic E-state index is 12.6. The summed E-state index contributed by atoms with van der Waals surface area (Å²) in [5.74, 6) is 0.744. The average Bonchev–Trinajstić information content (AvgIpc) is 3.30. The molecule has 25 heavy (non-hydrogen) atoms. The van der Waals surface area contributed by atoms with Crippen molar-refractivity contribution in [2.75, 3.05) is 26.7 Å². The van der Waals surface area contributed by atoms with Gasteiger partial charge in [0.05, 0.1) is 23.7 Å². The molecule has 6 nitrogen and oxygen atoms in total. The Balaban J connectivity index is 1.31. The number of ether oxygens (including phenoxy) is 1. The van der Waals surface area contributed by atoms with Crippen molar-refractivity contribution < 1.29 is 14.3 Å². The molecule has 2 amide bonds. The number of likely N-dealkylation sites (tertiary alicyclic amines) is 1. The third kappa shape index (κ3) is 3.38. The Kier molecular flexibility index (Phi) is 4.43. The SMILES string of the molecule is CN1CC2(CCN(C(=O)Cc3csc(C4CCCC4)n3)CC2)OC1=O. The van der Waals surface area contributed by atoms with Crippen LogP contribution in [-0.2, 0) is 16.0 Å². The second-order valence-corrected chi connectivity index (χ2v) is 8.51. The molecule has 1 aromatic rings. The van der Waals surface area contributed by atoms with E-state index >= 15 is 0 Å². The zero-order valence-electron chi connectivity index (χ0n) is 14.7. The van der Waals surface area contributed by atoms with Crippen LogP contribution in [0.2, 0.25) is 0 Å². The molecule has 1 aliphatic carbocycles. The molecule has 7 heteroatoms. The van der Waals surface area contributed by atoms with Crippen molar-refractivity contribution in [1.29, 1.82) is 0 Å². The highest BCUT2D eigenvalue weighted by molar-refractivity contribution is 7.09. The van der Waals surface area contributed by atoms with Crippen LogP contribution in [0.5, 0.6) is 0 Å². The molecule has 2 saturated heterocycles. The number of thiazole rings is 1. The molecular weight excluding hydrogens is 338 g/mol. The first kappa shape index (κ1) is 16.8. The predicted molar refractivity (Wildman–Crippen MR) is 94.7 cm³/mol. The molecule has 3 heterocycles. The number of carbonyl (C=O) groups excluding carboxylic acids is 2. The van der Waals surface area contributed by atoms with Gasteiger partial charge in [0.15, 0.2) is 0 Å². The monoisotopic (exact) mass is 363 g/mol. The Bertz CT molecular complexity index is 660. The lowest BCUT2D eigenvalue weighted by atomic mass is 9.91. The molecular formula is C18H25N3O3S.